The van der Waals surface area contributed by atoms with Gasteiger partial charge in [0.25, 0.3) is 5.56 Å². The highest BCUT2D eigenvalue weighted by atomic mass is 35.5. The molecule has 0 spiro atoms. The fraction of sp³-hybridized carbons (Fsp3) is 0.478. The van der Waals surface area contributed by atoms with Crippen molar-refractivity contribution in [2.24, 2.45) is 0 Å². The van der Waals surface area contributed by atoms with Crippen LogP contribution in [0.4, 0.5) is 4.39 Å². The molecule has 0 amide bonds. The maximum absolute atomic E-state index is 12.5. The van der Waals surface area contributed by atoms with Gasteiger partial charge in [0.1, 0.15) is 19.0 Å². The van der Waals surface area contributed by atoms with Crippen LogP contribution in [0.15, 0.2) is 41.5 Å². The van der Waals surface area contributed by atoms with E-state index < -0.39 is 17.8 Å². The fourth-order valence-corrected chi connectivity index (χ4v) is 3.28. The van der Waals surface area contributed by atoms with Crippen molar-refractivity contribution < 1.29 is 18.6 Å². The number of ether oxygens (including phenoxy) is 3. The number of rotatable bonds is 12. The molecule has 0 aliphatic carbocycles. The molecule has 184 valence electrons. The molecule has 0 atom stereocenters. The average molecular weight is 494 g/mol. The Hall–Kier alpha value is -2.82. The zero-order valence-corrected chi connectivity index (χ0v) is 20.3. The molecule has 2 heterocycles. The van der Waals surface area contributed by atoms with Gasteiger partial charge in [-0.2, -0.15) is 5.10 Å². The first-order valence-electron chi connectivity index (χ1n) is 10.9. The Morgan fingerprint density at radius 1 is 1.09 bits per heavy atom. The third-order valence-corrected chi connectivity index (χ3v) is 5.03. The molecule has 3 rings (SSSR count). The summed E-state index contributed by atoms with van der Waals surface area (Å²) < 4.78 is 31.2. The predicted molar refractivity (Wildman–Crippen MR) is 125 cm³/mol. The molecule has 0 radical (unpaired) electrons. The second-order valence-electron chi connectivity index (χ2n) is 8.58. The van der Waals surface area contributed by atoms with Gasteiger partial charge >= 0.3 is 0 Å². The van der Waals surface area contributed by atoms with Crippen molar-refractivity contribution in [3.8, 4) is 5.75 Å². The van der Waals surface area contributed by atoms with Crippen LogP contribution in [0.2, 0.25) is 5.02 Å². The normalized spacial score (nSPS) is 11.7. The highest BCUT2D eigenvalue weighted by Gasteiger charge is 2.20. The number of halogens is 2. The topological polar surface area (TPSA) is 93.3 Å². The van der Waals surface area contributed by atoms with E-state index in [4.69, 9.17) is 25.8 Å². The van der Waals surface area contributed by atoms with E-state index in [1.165, 1.54) is 10.9 Å². The highest BCUT2D eigenvalue weighted by molar-refractivity contribution is 6.31. The van der Waals surface area contributed by atoms with Gasteiger partial charge in [-0.25, -0.2) is 13.8 Å². The Bertz CT molecular complexity index is 1130. The van der Waals surface area contributed by atoms with Crippen LogP contribution >= 0.6 is 11.6 Å². The summed E-state index contributed by atoms with van der Waals surface area (Å²) in [7, 11) is 0. The van der Waals surface area contributed by atoms with Crippen molar-refractivity contribution in [3.05, 3.63) is 68.9 Å². The Labute approximate surface area is 202 Å². The van der Waals surface area contributed by atoms with Crippen molar-refractivity contribution in [2.75, 3.05) is 26.5 Å². The molecular formula is C23H29ClFN5O4. The van der Waals surface area contributed by atoms with Gasteiger partial charge < -0.3 is 14.2 Å². The second kappa shape index (κ2) is 12.0. The van der Waals surface area contributed by atoms with Gasteiger partial charge in [0.05, 0.1) is 50.9 Å². The van der Waals surface area contributed by atoms with Crippen LogP contribution in [0.5, 0.6) is 5.75 Å². The molecule has 0 aliphatic rings. The summed E-state index contributed by atoms with van der Waals surface area (Å²) in [5.41, 5.74) is 1.73. The van der Waals surface area contributed by atoms with Crippen molar-refractivity contribution >= 4 is 11.6 Å². The zero-order valence-electron chi connectivity index (χ0n) is 19.5. The maximum Gasteiger partial charge on any atom is 0.289 e. The summed E-state index contributed by atoms with van der Waals surface area (Å²) in [4.78, 5) is 12.5. The number of alkyl halides is 1. The smallest absolute Gasteiger partial charge is 0.289 e. The van der Waals surface area contributed by atoms with Gasteiger partial charge in [-0.1, -0.05) is 41.1 Å². The van der Waals surface area contributed by atoms with Gasteiger partial charge in [-0.3, -0.25) is 4.79 Å². The van der Waals surface area contributed by atoms with Gasteiger partial charge in [-0.15, -0.1) is 5.10 Å². The lowest BCUT2D eigenvalue weighted by atomic mass is 10.1. The Balaban J connectivity index is 1.54. The van der Waals surface area contributed by atoms with Crippen LogP contribution in [0.3, 0.4) is 0 Å². The van der Waals surface area contributed by atoms with Crippen LogP contribution in [-0.2, 0) is 34.8 Å². The predicted octanol–water partition coefficient (Wildman–Crippen LogP) is 3.37. The number of hydrogen-bond acceptors (Lipinski definition) is 7. The monoisotopic (exact) mass is 493 g/mol. The van der Waals surface area contributed by atoms with Crippen LogP contribution in [-0.4, -0.2) is 51.3 Å². The van der Waals surface area contributed by atoms with Gasteiger partial charge in [-0.05, 0) is 31.9 Å². The first kappa shape index (κ1) is 25.8. The quantitative estimate of drug-likeness (QED) is 0.357. The molecule has 0 unspecified atom stereocenters. The Morgan fingerprint density at radius 2 is 1.85 bits per heavy atom. The van der Waals surface area contributed by atoms with E-state index >= 15 is 0 Å². The molecular weight excluding hydrogens is 465 g/mol. The minimum atomic E-state index is -0.503. The molecule has 2 aromatic heterocycles. The third-order valence-electron chi connectivity index (χ3n) is 4.68. The first-order chi connectivity index (χ1) is 16.3. The molecule has 0 saturated heterocycles. The fourth-order valence-electron chi connectivity index (χ4n) is 3.10. The van der Waals surface area contributed by atoms with E-state index in [0.717, 1.165) is 11.1 Å². The van der Waals surface area contributed by atoms with Crippen LogP contribution in [0.25, 0.3) is 0 Å². The van der Waals surface area contributed by atoms with Crippen molar-refractivity contribution in [1.82, 2.24) is 24.8 Å². The lowest BCUT2D eigenvalue weighted by molar-refractivity contribution is 0.0351. The van der Waals surface area contributed by atoms with E-state index in [0.29, 0.717) is 32.1 Å². The van der Waals surface area contributed by atoms with Crippen LogP contribution < -0.4 is 10.3 Å². The minimum Gasteiger partial charge on any atom is -0.485 e. The number of nitrogens with zero attached hydrogens (tertiary/aromatic N) is 5. The Morgan fingerprint density at radius 3 is 2.62 bits per heavy atom. The molecule has 0 bridgehead atoms. The summed E-state index contributed by atoms with van der Waals surface area (Å²) >= 11 is 6.23. The summed E-state index contributed by atoms with van der Waals surface area (Å²) in [6.45, 7) is 6.95. The highest BCUT2D eigenvalue weighted by Crippen LogP contribution is 2.22. The van der Waals surface area contributed by atoms with Crippen molar-refractivity contribution in [2.45, 2.75) is 46.1 Å². The largest absolute Gasteiger partial charge is 0.485 e. The lowest BCUT2D eigenvalue weighted by Gasteiger charge is -2.21. The average Bonchev–Trinajstić information content (AvgIpc) is 3.23. The van der Waals surface area contributed by atoms with E-state index in [1.54, 1.807) is 10.9 Å². The molecule has 0 N–H and O–H groups in total. The maximum atomic E-state index is 12.5. The number of hydrogen-bond donors (Lipinski definition) is 0. The Kier molecular flexibility index (Phi) is 9.14. The molecule has 3 aromatic rings. The lowest BCUT2D eigenvalue weighted by Crippen LogP contribution is -2.36. The molecule has 1 aromatic carbocycles. The zero-order chi connectivity index (χ0) is 24.6. The van der Waals surface area contributed by atoms with Crippen LogP contribution in [0.1, 0.15) is 37.6 Å². The molecule has 0 fully saturated rings. The van der Waals surface area contributed by atoms with Crippen molar-refractivity contribution in [3.63, 3.8) is 0 Å². The molecule has 11 heteroatoms. The second-order valence-corrected chi connectivity index (χ2v) is 8.96. The molecule has 0 saturated carbocycles. The summed E-state index contributed by atoms with van der Waals surface area (Å²) in [6.07, 6.45) is 3.27. The van der Waals surface area contributed by atoms with E-state index in [1.807, 2.05) is 45.0 Å². The SMILES string of the molecule is CC(C)(C)n1ncc(OCc2cccc(Cn3cc(COCCOCCF)nn3)c2)c(Cl)c1=O. The molecule has 9 nitrogen and oxygen atoms in total. The van der Waals surface area contributed by atoms with E-state index in [9.17, 15) is 9.18 Å². The standard InChI is InChI=1S/C23H29ClFN5O4/c1-23(2,3)30-22(31)21(24)20(12-26-30)34-15-18-6-4-5-17(11-18)13-29-14-19(27-28-29)16-33-10-9-32-8-7-25/h4-6,11-12,14H,7-10,13,15-16H2,1-3H3. The number of benzene rings is 1. The van der Waals surface area contributed by atoms with E-state index in [2.05, 4.69) is 15.4 Å². The molecule has 0 aliphatic heterocycles. The summed E-state index contributed by atoms with van der Waals surface area (Å²) in [5, 5.41) is 12.4. The molecule has 34 heavy (non-hydrogen) atoms. The van der Waals surface area contributed by atoms with Crippen molar-refractivity contribution in [1.29, 1.82) is 0 Å². The summed E-state index contributed by atoms with van der Waals surface area (Å²) in [6, 6.07) is 7.80. The van der Waals surface area contributed by atoms with Gasteiger partial charge in [0.2, 0.25) is 0 Å². The summed E-state index contributed by atoms with van der Waals surface area (Å²) in [5.74, 6) is 0.244. The van der Waals surface area contributed by atoms with Crippen LogP contribution in [0, 0.1) is 0 Å². The first-order valence-corrected chi connectivity index (χ1v) is 11.2. The third kappa shape index (κ3) is 7.34. The van der Waals surface area contributed by atoms with E-state index in [-0.39, 0.29) is 24.0 Å². The van der Waals surface area contributed by atoms with Gasteiger partial charge in [0.15, 0.2) is 10.8 Å². The van der Waals surface area contributed by atoms with Gasteiger partial charge in [0, 0.05) is 0 Å². The minimum absolute atomic E-state index is 0.00687. The number of aromatic nitrogens is 5.